The van der Waals surface area contributed by atoms with E-state index in [9.17, 15) is 9.59 Å². The number of hydrogen-bond donors (Lipinski definition) is 3. The van der Waals surface area contributed by atoms with Gasteiger partial charge in [-0.2, -0.15) is 0 Å². The second kappa shape index (κ2) is 6.58. The van der Waals surface area contributed by atoms with E-state index in [2.05, 4.69) is 10.6 Å². The lowest BCUT2D eigenvalue weighted by Crippen LogP contribution is -2.45. The molecule has 6 heteroatoms. The van der Waals surface area contributed by atoms with Crippen molar-refractivity contribution in [2.75, 3.05) is 20.6 Å². The number of carboxylic acid groups (broad SMARTS) is 1. The van der Waals surface area contributed by atoms with Gasteiger partial charge in [0, 0.05) is 18.6 Å². The van der Waals surface area contributed by atoms with Gasteiger partial charge in [-0.05, 0) is 40.3 Å². The third-order valence-corrected chi connectivity index (χ3v) is 3.56. The maximum atomic E-state index is 11.6. The van der Waals surface area contributed by atoms with Crippen LogP contribution in [0.4, 0.5) is 4.79 Å². The number of rotatable bonds is 5. The summed E-state index contributed by atoms with van der Waals surface area (Å²) in [6, 6.07) is 0.0478. The third-order valence-electron chi connectivity index (χ3n) is 3.56. The summed E-state index contributed by atoms with van der Waals surface area (Å²) in [4.78, 5) is 24.4. The fourth-order valence-electron chi connectivity index (χ4n) is 2.00. The molecule has 6 nitrogen and oxygen atoms in total. The molecule has 104 valence electrons. The van der Waals surface area contributed by atoms with Crippen LogP contribution in [0.3, 0.4) is 0 Å². The van der Waals surface area contributed by atoms with Crippen LogP contribution in [0.5, 0.6) is 0 Å². The summed E-state index contributed by atoms with van der Waals surface area (Å²) in [6.45, 7) is 2.60. The molecule has 0 spiro atoms. The van der Waals surface area contributed by atoms with E-state index in [0.29, 0.717) is 19.4 Å². The van der Waals surface area contributed by atoms with Crippen LogP contribution in [0.15, 0.2) is 0 Å². The molecule has 0 heterocycles. The van der Waals surface area contributed by atoms with E-state index in [1.165, 1.54) is 0 Å². The van der Waals surface area contributed by atoms with E-state index < -0.39 is 5.97 Å². The van der Waals surface area contributed by atoms with Gasteiger partial charge in [-0.1, -0.05) is 0 Å². The molecule has 0 aromatic rings. The zero-order valence-corrected chi connectivity index (χ0v) is 11.3. The molecule has 3 N–H and O–H groups in total. The van der Waals surface area contributed by atoms with E-state index in [0.717, 1.165) is 6.42 Å². The number of amides is 2. The van der Waals surface area contributed by atoms with Gasteiger partial charge < -0.3 is 20.6 Å². The van der Waals surface area contributed by atoms with Gasteiger partial charge in [0.2, 0.25) is 0 Å². The van der Waals surface area contributed by atoms with Gasteiger partial charge in [0.1, 0.15) is 0 Å². The lowest BCUT2D eigenvalue weighted by atomic mass is 10.1. The smallest absolute Gasteiger partial charge is 0.315 e. The molecule has 0 bridgehead atoms. The van der Waals surface area contributed by atoms with E-state index >= 15 is 0 Å². The van der Waals surface area contributed by atoms with Crippen molar-refractivity contribution in [3.05, 3.63) is 0 Å². The Morgan fingerprint density at radius 2 is 2.06 bits per heavy atom. The molecular formula is C12H23N3O3. The van der Waals surface area contributed by atoms with Crippen LogP contribution in [0.1, 0.15) is 26.2 Å². The number of urea groups is 1. The Balaban J connectivity index is 2.23. The summed E-state index contributed by atoms with van der Waals surface area (Å²) in [5.41, 5.74) is 0. The highest BCUT2D eigenvalue weighted by molar-refractivity contribution is 5.75. The Hall–Kier alpha value is -1.30. The van der Waals surface area contributed by atoms with Crippen molar-refractivity contribution >= 4 is 12.0 Å². The molecule has 3 atom stereocenters. The van der Waals surface area contributed by atoms with Gasteiger partial charge in [0.25, 0.3) is 0 Å². The molecule has 1 fully saturated rings. The van der Waals surface area contributed by atoms with Gasteiger partial charge >= 0.3 is 12.0 Å². The number of carboxylic acids is 1. The summed E-state index contributed by atoms with van der Waals surface area (Å²) in [5.74, 6) is -1.07. The Bertz CT molecular complexity index is 307. The maximum absolute atomic E-state index is 11.6. The molecule has 0 aliphatic heterocycles. The van der Waals surface area contributed by atoms with Crippen molar-refractivity contribution in [1.29, 1.82) is 0 Å². The minimum atomic E-state index is -0.763. The monoisotopic (exact) mass is 257 g/mol. The summed E-state index contributed by atoms with van der Waals surface area (Å²) in [5, 5.41) is 14.5. The van der Waals surface area contributed by atoms with Crippen LogP contribution < -0.4 is 10.6 Å². The SMILES string of the molecule is CC(CNC(=O)N[C@H]1CC[C@@H](C(=O)O)C1)N(C)C. The van der Waals surface area contributed by atoms with Crippen LogP contribution in [0.2, 0.25) is 0 Å². The molecule has 1 aliphatic carbocycles. The quantitative estimate of drug-likeness (QED) is 0.669. The highest BCUT2D eigenvalue weighted by Crippen LogP contribution is 2.25. The van der Waals surface area contributed by atoms with Crippen molar-refractivity contribution < 1.29 is 14.7 Å². The van der Waals surface area contributed by atoms with Gasteiger partial charge in [-0.15, -0.1) is 0 Å². The molecule has 1 saturated carbocycles. The molecule has 1 aliphatic rings. The minimum absolute atomic E-state index is 0.0132. The number of nitrogens with one attached hydrogen (secondary N) is 2. The zero-order valence-electron chi connectivity index (χ0n) is 11.3. The molecule has 18 heavy (non-hydrogen) atoms. The van der Waals surface area contributed by atoms with Crippen molar-refractivity contribution in [3.8, 4) is 0 Å². The number of carbonyl (C=O) groups is 2. The average molecular weight is 257 g/mol. The van der Waals surface area contributed by atoms with E-state index in [1.807, 2.05) is 25.9 Å². The number of nitrogens with zero attached hydrogens (tertiary/aromatic N) is 1. The fourth-order valence-corrected chi connectivity index (χ4v) is 2.00. The summed E-state index contributed by atoms with van der Waals surface area (Å²) in [7, 11) is 3.91. The predicted octanol–water partition coefficient (Wildman–Crippen LogP) is 0.489. The normalized spacial score (nSPS) is 24.9. The number of aliphatic carboxylic acids is 1. The third kappa shape index (κ3) is 4.52. The van der Waals surface area contributed by atoms with Crippen molar-refractivity contribution in [2.24, 2.45) is 5.92 Å². The first kappa shape index (κ1) is 14.8. The van der Waals surface area contributed by atoms with Gasteiger partial charge in [-0.25, -0.2) is 4.79 Å². The molecule has 0 aromatic carbocycles. The van der Waals surface area contributed by atoms with Crippen LogP contribution in [-0.2, 0) is 4.79 Å². The van der Waals surface area contributed by atoms with Gasteiger partial charge in [0.15, 0.2) is 0 Å². The van der Waals surface area contributed by atoms with Crippen LogP contribution in [-0.4, -0.2) is 54.7 Å². The van der Waals surface area contributed by atoms with E-state index in [1.54, 1.807) is 0 Å². The molecular weight excluding hydrogens is 234 g/mol. The predicted molar refractivity (Wildman–Crippen MR) is 68.4 cm³/mol. The van der Waals surface area contributed by atoms with Crippen LogP contribution >= 0.6 is 0 Å². The summed E-state index contributed by atoms with van der Waals surface area (Å²) < 4.78 is 0. The zero-order chi connectivity index (χ0) is 13.7. The molecule has 0 aromatic heterocycles. The molecule has 0 saturated heterocycles. The molecule has 2 amide bonds. The Morgan fingerprint density at radius 1 is 1.39 bits per heavy atom. The Kier molecular flexibility index (Phi) is 5.40. The fraction of sp³-hybridized carbons (Fsp3) is 0.833. The molecule has 1 rings (SSSR count). The Labute approximate surface area is 108 Å². The van der Waals surface area contributed by atoms with Crippen molar-refractivity contribution in [2.45, 2.75) is 38.3 Å². The summed E-state index contributed by atoms with van der Waals surface area (Å²) in [6.07, 6.45) is 1.92. The van der Waals surface area contributed by atoms with Crippen LogP contribution in [0.25, 0.3) is 0 Å². The lowest BCUT2D eigenvalue weighted by molar-refractivity contribution is -0.141. The van der Waals surface area contributed by atoms with E-state index in [-0.39, 0.29) is 24.0 Å². The topological polar surface area (TPSA) is 81.7 Å². The standard InChI is InChI=1S/C12H23N3O3/c1-8(15(2)3)7-13-12(18)14-10-5-4-9(6-10)11(16)17/h8-10H,4-7H2,1-3H3,(H,16,17)(H2,13,14,18)/t8?,9-,10+/m1/s1. The number of likely N-dealkylation sites (N-methyl/N-ethyl adjacent to an activating group) is 1. The largest absolute Gasteiger partial charge is 0.481 e. The second-order valence-corrected chi connectivity index (χ2v) is 5.21. The minimum Gasteiger partial charge on any atom is -0.481 e. The van der Waals surface area contributed by atoms with Crippen molar-refractivity contribution in [1.82, 2.24) is 15.5 Å². The first-order valence-corrected chi connectivity index (χ1v) is 6.33. The number of hydrogen-bond acceptors (Lipinski definition) is 3. The van der Waals surface area contributed by atoms with Gasteiger partial charge in [0.05, 0.1) is 5.92 Å². The number of carbonyl (C=O) groups excluding carboxylic acids is 1. The van der Waals surface area contributed by atoms with E-state index in [4.69, 9.17) is 5.11 Å². The van der Waals surface area contributed by atoms with Crippen LogP contribution in [0, 0.1) is 5.92 Å². The molecule has 1 unspecified atom stereocenters. The average Bonchev–Trinajstić information content (AvgIpc) is 2.74. The highest BCUT2D eigenvalue weighted by Gasteiger charge is 2.30. The highest BCUT2D eigenvalue weighted by atomic mass is 16.4. The molecule has 0 radical (unpaired) electrons. The maximum Gasteiger partial charge on any atom is 0.315 e. The lowest BCUT2D eigenvalue weighted by Gasteiger charge is -2.21. The Morgan fingerprint density at radius 3 is 2.56 bits per heavy atom. The van der Waals surface area contributed by atoms with Gasteiger partial charge in [-0.3, -0.25) is 4.79 Å². The second-order valence-electron chi connectivity index (χ2n) is 5.21. The summed E-state index contributed by atoms with van der Waals surface area (Å²) >= 11 is 0. The first-order chi connectivity index (χ1) is 8.40. The first-order valence-electron chi connectivity index (χ1n) is 6.33. The van der Waals surface area contributed by atoms with Crippen molar-refractivity contribution in [3.63, 3.8) is 0 Å².